The van der Waals surface area contributed by atoms with Crippen molar-refractivity contribution in [1.29, 1.82) is 0 Å². The second-order valence-electron chi connectivity index (χ2n) is 8.28. The number of carbonyl (C=O) groups is 1. The van der Waals surface area contributed by atoms with E-state index in [0.717, 1.165) is 11.4 Å². The van der Waals surface area contributed by atoms with Gasteiger partial charge in [0.05, 0.1) is 4.88 Å². The molecule has 28 heavy (non-hydrogen) atoms. The van der Waals surface area contributed by atoms with Crippen molar-refractivity contribution in [2.75, 3.05) is 13.1 Å². The highest BCUT2D eigenvalue weighted by Crippen LogP contribution is 2.28. The van der Waals surface area contributed by atoms with Gasteiger partial charge in [-0.25, -0.2) is 4.79 Å². The van der Waals surface area contributed by atoms with Crippen LogP contribution >= 0.6 is 11.3 Å². The van der Waals surface area contributed by atoms with Gasteiger partial charge in [0.1, 0.15) is 11.6 Å². The van der Waals surface area contributed by atoms with Crippen LogP contribution < -0.4 is 5.32 Å². The first kappa shape index (κ1) is 20.8. The minimum Gasteiger partial charge on any atom is -0.444 e. The van der Waals surface area contributed by atoms with Crippen LogP contribution in [0.1, 0.15) is 70.2 Å². The van der Waals surface area contributed by atoms with Gasteiger partial charge >= 0.3 is 6.09 Å². The number of alkyl carbamates (subject to hydrolysis) is 1. The number of amides is 1. The molecule has 2 aromatic heterocycles. The molecule has 2 aromatic rings. The molecular weight excluding hydrogens is 376 g/mol. The minimum absolute atomic E-state index is 0.364. The van der Waals surface area contributed by atoms with E-state index in [1.54, 1.807) is 18.3 Å². The summed E-state index contributed by atoms with van der Waals surface area (Å²) in [6.45, 7) is 10.6. The summed E-state index contributed by atoms with van der Waals surface area (Å²) in [7, 11) is 0. The smallest absolute Gasteiger partial charge is 0.408 e. The quantitative estimate of drug-likeness (QED) is 0.771. The van der Waals surface area contributed by atoms with Gasteiger partial charge in [-0.3, -0.25) is 4.90 Å². The average Bonchev–Trinajstić information content (AvgIpc) is 3.18. The van der Waals surface area contributed by atoms with Gasteiger partial charge in [-0.15, -0.1) is 11.3 Å². The summed E-state index contributed by atoms with van der Waals surface area (Å²) < 4.78 is 10.6. The Hall–Kier alpha value is -1.93. The summed E-state index contributed by atoms with van der Waals surface area (Å²) in [6.07, 6.45) is 4.75. The highest BCUT2D eigenvalue weighted by molar-refractivity contribution is 7.15. The van der Waals surface area contributed by atoms with Crippen LogP contribution in [0.4, 0.5) is 4.79 Å². The van der Waals surface area contributed by atoms with Gasteiger partial charge in [0, 0.05) is 11.4 Å². The number of thiophene rings is 1. The molecule has 1 saturated heterocycles. The van der Waals surface area contributed by atoms with Crippen molar-refractivity contribution in [1.82, 2.24) is 20.4 Å². The third kappa shape index (κ3) is 6.04. The molecule has 1 aliphatic rings. The standard InChI is InChI=1S/C20H30N4O3S/c1-14(21-19(25)26-20(2,3)4)18-22-17(23-27-18)16-10-9-15(28-16)13-24-11-7-5-6-8-12-24/h9-10,14H,5-8,11-13H2,1-4H3,(H,21,25). The van der Waals surface area contributed by atoms with Crippen molar-refractivity contribution < 1.29 is 14.1 Å². The van der Waals surface area contributed by atoms with E-state index in [4.69, 9.17) is 9.26 Å². The first-order valence-electron chi connectivity index (χ1n) is 9.95. The molecule has 0 aliphatic carbocycles. The molecule has 0 spiro atoms. The molecule has 8 heteroatoms. The van der Waals surface area contributed by atoms with Crippen LogP contribution in [0.5, 0.6) is 0 Å². The van der Waals surface area contributed by atoms with E-state index in [1.165, 1.54) is 43.6 Å². The van der Waals surface area contributed by atoms with E-state index in [2.05, 4.69) is 26.4 Å². The molecule has 3 heterocycles. The summed E-state index contributed by atoms with van der Waals surface area (Å²) in [5, 5.41) is 6.81. The molecule has 0 radical (unpaired) electrons. The number of nitrogens with zero attached hydrogens (tertiary/aromatic N) is 3. The fraction of sp³-hybridized carbons (Fsp3) is 0.650. The van der Waals surface area contributed by atoms with Gasteiger partial charge in [-0.2, -0.15) is 4.98 Å². The summed E-state index contributed by atoms with van der Waals surface area (Å²) >= 11 is 1.69. The number of carbonyl (C=O) groups excluding carboxylic acids is 1. The number of hydrogen-bond acceptors (Lipinski definition) is 7. The summed E-state index contributed by atoms with van der Waals surface area (Å²) in [5.74, 6) is 0.920. The Balaban J connectivity index is 1.59. The zero-order valence-electron chi connectivity index (χ0n) is 17.2. The molecule has 0 saturated carbocycles. The zero-order valence-corrected chi connectivity index (χ0v) is 18.0. The molecule has 3 rings (SSSR count). The van der Waals surface area contributed by atoms with Crippen LogP contribution in [0.2, 0.25) is 0 Å². The van der Waals surface area contributed by atoms with Crippen LogP contribution in [0, 0.1) is 0 Å². The molecule has 1 atom stereocenters. The second-order valence-corrected chi connectivity index (χ2v) is 9.45. The molecule has 1 aliphatic heterocycles. The molecular formula is C20H30N4O3S. The lowest BCUT2D eigenvalue weighted by Crippen LogP contribution is -2.34. The van der Waals surface area contributed by atoms with Crippen LogP contribution in [0.3, 0.4) is 0 Å². The summed E-state index contributed by atoms with van der Waals surface area (Å²) in [6, 6.07) is 3.76. The lowest BCUT2D eigenvalue weighted by molar-refractivity contribution is 0.0499. The van der Waals surface area contributed by atoms with Gasteiger partial charge in [0.15, 0.2) is 0 Å². The summed E-state index contributed by atoms with van der Waals surface area (Å²) in [4.78, 5) is 21.2. The van der Waals surface area contributed by atoms with E-state index in [9.17, 15) is 4.79 Å². The Morgan fingerprint density at radius 1 is 1.29 bits per heavy atom. The Bertz CT molecular complexity index is 773. The molecule has 154 valence electrons. The molecule has 1 fully saturated rings. The van der Waals surface area contributed by atoms with Gasteiger partial charge in [-0.1, -0.05) is 18.0 Å². The first-order chi connectivity index (χ1) is 13.3. The van der Waals surface area contributed by atoms with Crippen molar-refractivity contribution in [3.05, 3.63) is 22.9 Å². The maximum atomic E-state index is 11.9. The van der Waals surface area contributed by atoms with E-state index in [0.29, 0.717) is 11.7 Å². The van der Waals surface area contributed by atoms with Crippen LogP contribution in [0.15, 0.2) is 16.7 Å². The number of ether oxygens (including phenoxy) is 1. The van der Waals surface area contributed by atoms with E-state index < -0.39 is 17.7 Å². The van der Waals surface area contributed by atoms with Crippen molar-refractivity contribution in [2.45, 2.75) is 71.6 Å². The number of likely N-dealkylation sites (tertiary alicyclic amines) is 1. The lowest BCUT2D eigenvalue weighted by Gasteiger charge is -2.20. The van der Waals surface area contributed by atoms with Gasteiger partial charge < -0.3 is 14.6 Å². The lowest BCUT2D eigenvalue weighted by atomic mass is 10.2. The number of rotatable bonds is 5. The molecule has 0 aromatic carbocycles. The fourth-order valence-electron chi connectivity index (χ4n) is 3.15. The first-order valence-corrected chi connectivity index (χ1v) is 10.8. The molecule has 7 nitrogen and oxygen atoms in total. The average molecular weight is 407 g/mol. The third-order valence-corrected chi connectivity index (χ3v) is 5.57. The Morgan fingerprint density at radius 2 is 2.00 bits per heavy atom. The van der Waals surface area contributed by atoms with Crippen molar-refractivity contribution >= 4 is 17.4 Å². The van der Waals surface area contributed by atoms with E-state index in [-0.39, 0.29) is 0 Å². The van der Waals surface area contributed by atoms with Crippen LogP contribution in [0.25, 0.3) is 10.7 Å². The predicted octanol–water partition coefficient (Wildman–Crippen LogP) is 4.76. The second kappa shape index (κ2) is 9.05. The van der Waals surface area contributed by atoms with Gasteiger partial charge in [-0.05, 0) is 65.8 Å². The normalized spacial score (nSPS) is 17.1. The van der Waals surface area contributed by atoms with Crippen LogP contribution in [-0.2, 0) is 11.3 Å². The maximum Gasteiger partial charge on any atom is 0.408 e. The maximum absolute atomic E-state index is 11.9. The molecule has 1 amide bonds. The van der Waals surface area contributed by atoms with Crippen LogP contribution in [-0.4, -0.2) is 39.8 Å². The van der Waals surface area contributed by atoms with Crippen molar-refractivity contribution in [3.8, 4) is 10.7 Å². The molecule has 1 N–H and O–H groups in total. The Labute approximate surface area is 170 Å². The monoisotopic (exact) mass is 406 g/mol. The number of hydrogen-bond donors (Lipinski definition) is 1. The predicted molar refractivity (Wildman–Crippen MR) is 109 cm³/mol. The SMILES string of the molecule is CC(NC(=O)OC(C)(C)C)c1nc(-c2ccc(CN3CCCCCC3)s2)no1. The third-order valence-electron chi connectivity index (χ3n) is 4.51. The van der Waals surface area contributed by atoms with E-state index in [1.807, 2.05) is 26.8 Å². The van der Waals surface area contributed by atoms with Gasteiger partial charge in [0.25, 0.3) is 0 Å². The van der Waals surface area contributed by atoms with Crippen molar-refractivity contribution in [3.63, 3.8) is 0 Å². The van der Waals surface area contributed by atoms with Crippen molar-refractivity contribution in [2.24, 2.45) is 0 Å². The van der Waals surface area contributed by atoms with E-state index >= 15 is 0 Å². The fourth-order valence-corrected chi connectivity index (χ4v) is 4.13. The molecule has 1 unspecified atom stereocenters. The Morgan fingerprint density at radius 3 is 2.68 bits per heavy atom. The molecule has 0 bridgehead atoms. The largest absolute Gasteiger partial charge is 0.444 e. The highest BCUT2D eigenvalue weighted by atomic mass is 32.1. The number of aromatic nitrogens is 2. The minimum atomic E-state index is -0.551. The summed E-state index contributed by atoms with van der Waals surface area (Å²) in [5.41, 5.74) is -0.551. The Kier molecular flexibility index (Phi) is 6.72. The topological polar surface area (TPSA) is 80.5 Å². The highest BCUT2D eigenvalue weighted by Gasteiger charge is 2.22. The number of nitrogens with one attached hydrogen (secondary N) is 1. The zero-order chi connectivity index (χ0) is 20.1. The van der Waals surface area contributed by atoms with Gasteiger partial charge in [0.2, 0.25) is 11.7 Å².